The summed E-state index contributed by atoms with van der Waals surface area (Å²) >= 11 is 0. The zero-order valence-corrected chi connectivity index (χ0v) is 11.3. The molecule has 2 nitrogen and oxygen atoms in total. The van der Waals surface area contributed by atoms with Gasteiger partial charge in [-0.05, 0) is 36.4 Å². The van der Waals surface area contributed by atoms with Crippen LogP contribution >= 0.6 is 0 Å². The van der Waals surface area contributed by atoms with Crippen LogP contribution in [0.2, 0.25) is 0 Å². The van der Waals surface area contributed by atoms with Gasteiger partial charge in [-0.3, -0.25) is 0 Å². The van der Waals surface area contributed by atoms with Gasteiger partial charge in [0.15, 0.2) is 0 Å². The van der Waals surface area contributed by atoms with Crippen LogP contribution in [0.25, 0.3) is 0 Å². The van der Waals surface area contributed by atoms with E-state index in [1.54, 1.807) is 7.11 Å². The molecule has 2 rings (SSSR count). The van der Waals surface area contributed by atoms with Crippen LogP contribution in [0.1, 0.15) is 5.56 Å². The Morgan fingerprint density at radius 3 is 2.32 bits per heavy atom. The van der Waals surface area contributed by atoms with E-state index in [0.29, 0.717) is 6.54 Å². The molecule has 0 amide bonds. The van der Waals surface area contributed by atoms with Gasteiger partial charge in [0.05, 0.1) is 13.7 Å². The first kappa shape index (κ1) is 13.0. The molecule has 0 saturated heterocycles. The second kappa shape index (κ2) is 6.51. The first-order valence-electron chi connectivity index (χ1n) is 6.19. The third kappa shape index (κ3) is 3.79. The van der Waals surface area contributed by atoms with Crippen LogP contribution in [-0.2, 0) is 0 Å². The molecule has 0 unspecified atom stereocenters. The van der Waals surface area contributed by atoms with Crippen LogP contribution in [0.3, 0.4) is 0 Å². The predicted octanol–water partition coefficient (Wildman–Crippen LogP) is 3.18. The van der Waals surface area contributed by atoms with Crippen molar-refractivity contribution in [2.24, 2.45) is 0 Å². The zero-order valence-electron chi connectivity index (χ0n) is 11.3. The molecule has 19 heavy (non-hydrogen) atoms. The molecule has 0 fully saturated rings. The summed E-state index contributed by atoms with van der Waals surface area (Å²) in [5.41, 5.74) is 2.17. The van der Waals surface area contributed by atoms with Crippen molar-refractivity contribution in [3.8, 4) is 17.6 Å². The normalized spacial score (nSPS) is 9.37. The van der Waals surface area contributed by atoms with E-state index < -0.39 is 0 Å². The Labute approximate surface area is 114 Å². The molecule has 0 radical (unpaired) electrons. The Morgan fingerprint density at radius 1 is 1.00 bits per heavy atom. The minimum Gasteiger partial charge on any atom is -0.497 e. The van der Waals surface area contributed by atoms with Gasteiger partial charge >= 0.3 is 0 Å². The van der Waals surface area contributed by atoms with Crippen LogP contribution in [0, 0.1) is 11.8 Å². The van der Waals surface area contributed by atoms with Crippen LogP contribution < -0.4 is 9.64 Å². The maximum atomic E-state index is 5.14. The molecule has 0 atom stereocenters. The molecule has 0 N–H and O–H groups in total. The summed E-state index contributed by atoms with van der Waals surface area (Å²) in [6, 6.07) is 18.0. The molecular weight excluding hydrogens is 234 g/mol. The van der Waals surface area contributed by atoms with E-state index in [1.807, 2.05) is 61.6 Å². The molecule has 2 aromatic carbocycles. The highest BCUT2D eigenvalue weighted by atomic mass is 16.5. The van der Waals surface area contributed by atoms with E-state index in [9.17, 15) is 0 Å². The second-order valence-electron chi connectivity index (χ2n) is 4.22. The summed E-state index contributed by atoms with van der Waals surface area (Å²) < 4.78 is 5.14. The van der Waals surface area contributed by atoms with Gasteiger partial charge in [-0.2, -0.15) is 0 Å². The standard InChI is InChI=1S/C17H17NO/c1-18(16-10-12-17(19-2)13-11-16)14-6-9-15-7-4-3-5-8-15/h3-5,7-8,10-13H,14H2,1-2H3. The topological polar surface area (TPSA) is 12.5 Å². The average molecular weight is 251 g/mol. The van der Waals surface area contributed by atoms with E-state index in [0.717, 1.165) is 17.0 Å². The third-order valence-electron chi connectivity index (χ3n) is 2.84. The molecular formula is C17H17NO. The van der Waals surface area contributed by atoms with Crippen LogP contribution in [0.4, 0.5) is 5.69 Å². The minimum absolute atomic E-state index is 0.696. The summed E-state index contributed by atoms with van der Waals surface area (Å²) in [7, 11) is 3.70. The van der Waals surface area contributed by atoms with Crippen LogP contribution in [-0.4, -0.2) is 20.7 Å². The number of rotatable bonds is 3. The van der Waals surface area contributed by atoms with Crippen molar-refractivity contribution in [1.29, 1.82) is 0 Å². The Kier molecular flexibility index (Phi) is 4.47. The Balaban J connectivity index is 1.97. The van der Waals surface area contributed by atoms with Gasteiger partial charge in [-0.25, -0.2) is 0 Å². The van der Waals surface area contributed by atoms with E-state index in [2.05, 4.69) is 16.7 Å². The Bertz CT molecular complexity index is 564. The molecule has 0 aliphatic heterocycles. The highest BCUT2D eigenvalue weighted by Crippen LogP contribution is 2.17. The highest BCUT2D eigenvalue weighted by Gasteiger charge is 1.98. The van der Waals surface area contributed by atoms with E-state index in [1.165, 1.54) is 0 Å². The summed E-state index contributed by atoms with van der Waals surface area (Å²) in [6.45, 7) is 0.696. The lowest BCUT2D eigenvalue weighted by Gasteiger charge is -2.16. The summed E-state index contributed by atoms with van der Waals surface area (Å²) in [5.74, 6) is 7.19. The predicted molar refractivity (Wildman–Crippen MR) is 79.6 cm³/mol. The lowest BCUT2D eigenvalue weighted by Crippen LogP contribution is -2.16. The van der Waals surface area contributed by atoms with Crippen LogP contribution in [0.5, 0.6) is 5.75 Å². The Hall–Kier alpha value is -2.40. The number of hydrogen-bond acceptors (Lipinski definition) is 2. The third-order valence-corrected chi connectivity index (χ3v) is 2.84. The number of methoxy groups -OCH3 is 1. The molecule has 0 aromatic heterocycles. The van der Waals surface area contributed by atoms with Gasteiger partial charge < -0.3 is 9.64 Å². The number of benzene rings is 2. The average Bonchev–Trinajstić information content (AvgIpc) is 2.48. The number of ether oxygens (including phenoxy) is 1. The first-order chi connectivity index (χ1) is 9.29. The second-order valence-corrected chi connectivity index (χ2v) is 4.22. The molecule has 0 saturated carbocycles. The summed E-state index contributed by atoms with van der Waals surface area (Å²) in [4.78, 5) is 2.11. The fourth-order valence-electron chi connectivity index (χ4n) is 1.71. The molecule has 2 aromatic rings. The van der Waals surface area contributed by atoms with Gasteiger partial charge in [0.2, 0.25) is 0 Å². The fraction of sp³-hybridized carbons (Fsp3) is 0.176. The molecule has 96 valence electrons. The van der Waals surface area contributed by atoms with Crippen molar-refractivity contribution in [3.05, 3.63) is 60.2 Å². The maximum Gasteiger partial charge on any atom is 0.119 e. The molecule has 0 spiro atoms. The number of nitrogens with zero attached hydrogens (tertiary/aromatic N) is 1. The quantitative estimate of drug-likeness (QED) is 0.777. The summed E-state index contributed by atoms with van der Waals surface area (Å²) in [5, 5.41) is 0. The molecule has 0 heterocycles. The smallest absolute Gasteiger partial charge is 0.119 e. The number of hydrogen-bond donors (Lipinski definition) is 0. The number of anilines is 1. The van der Waals surface area contributed by atoms with Gasteiger partial charge in [-0.1, -0.05) is 30.0 Å². The highest BCUT2D eigenvalue weighted by molar-refractivity contribution is 5.49. The SMILES string of the molecule is COc1ccc(N(C)CC#Cc2ccccc2)cc1. The van der Waals surface area contributed by atoms with Gasteiger partial charge in [0.1, 0.15) is 5.75 Å². The fourth-order valence-corrected chi connectivity index (χ4v) is 1.71. The zero-order chi connectivity index (χ0) is 13.5. The van der Waals surface area contributed by atoms with Crippen molar-refractivity contribution >= 4 is 5.69 Å². The first-order valence-corrected chi connectivity index (χ1v) is 6.19. The van der Waals surface area contributed by atoms with Gasteiger partial charge in [0, 0.05) is 18.3 Å². The maximum absolute atomic E-state index is 5.14. The largest absolute Gasteiger partial charge is 0.497 e. The van der Waals surface area contributed by atoms with Crippen molar-refractivity contribution in [2.75, 3.05) is 25.6 Å². The Morgan fingerprint density at radius 2 is 1.68 bits per heavy atom. The van der Waals surface area contributed by atoms with Crippen LogP contribution in [0.15, 0.2) is 54.6 Å². The van der Waals surface area contributed by atoms with Crippen molar-refractivity contribution in [2.45, 2.75) is 0 Å². The van der Waals surface area contributed by atoms with E-state index in [-0.39, 0.29) is 0 Å². The molecule has 0 aliphatic carbocycles. The minimum atomic E-state index is 0.696. The van der Waals surface area contributed by atoms with Crippen molar-refractivity contribution in [1.82, 2.24) is 0 Å². The molecule has 0 bridgehead atoms. The summed E-state index contributed by atoms with van der Waals surface area (Å²) in [6.07, 6.45) is 0. The van der Waals surface area contributed by atoms with Crippen molar-refractivity contribution < 1.29 is 4.74 Å². The van der Waals surface area contributed by atoms with Crippen molar-refractivity contribution in [3.63, 3.8) is 0 Å². The lowest BCUT2D eigenvalue weighted by molar-refractivity contribution is 0.415. The molecule has 0 aliphatic rings. The van der Waals surface area contributed by atoms with Gasteiger partial charge in [0.25, 0.3) is 0 Å². The van der Waals surface area contributed by atoms with Gasteiger partial charge in [-0.15, -0.1) is 0 Å². The monoisotopic (exact) mass is 251 g/mol. The molecule has 2 heteroatoms. The van der Waals surface area contributed by atoms with E-state index >= 15 is 0 Å². The van der Waals surface area contributed by atoms with E-state index in [4.69, 9.17) is 4.74 Å². The lowest BCUT2D eigenvalue weighted by atomic mass is 10.2.